The summed E-state index contributed by atoms with van der Waals surface area (Å²) in [5.74, 6) is 0. The standard InChI is InChI=1S/C12H17N5/c1-2-16-7-3-4-10(16)9-17-12-5-6-13-8-11(12)14-15-17/h5-6,8,10H,2-4,7,9H2,1H3. The van der Waals surface area contributed by atoms with E-state index in [0.717, 1.165) is 24.1 Å². The van der Waals surface area contributed by atoms with Gasteiger partial charge in [-0.15, -0.1) is 5.10 Å². The average molecular weight is 231 g/mol. The Morgan fingerprint density at radius 2 is 2.41 bits per heavy atom. The van der Waals surface area contributed by atoms with Crippen LogP contribution in [0.2, 0.25) is 0 Å². The maximum Gasteiger partial charge on any atom is 0.131 e. The highest BCUT2D eigenvalue weighted by Crippen LogP contribution is 2.19. The summed E-state index contributed by atoms with van der Waals surface area (Å²) in [6.07, 6.45) is 6.13. The fourth-order valence-corrected chi connectivity index (χ4v) is 2.68. The van der Waals surface area contributed by atoms with Crippen molar-refractivity contribution in [1.82, 2.24) is 24.9 Å². The maximum absolute atomic E-state index is 4.23. The van der Waals surface area contributed by atoms with Crippen LogP contribution in [0.1, 0.15) is 19.8 Å². The molecule has 3 rings (SSSR count). The molecule has 90 valence electrons. The van der Waals surface area contributed by atoms with Crippen LogP contribution in [0.5, 0.6) is 0 Å². The zero-order valence-corrected chi connectivity index (χ0v) is 10.1. The molecule has 1 atom stereocenters. The third-order valence-corrected chi connectivity index (χ3v) is 3.61. The van der Waals surface area contributed by atoms with Crippen molar-refractivity contribution >= 4 is 11.0 Å². The number of nitrogens with zero attached hydrogens (tertiary/aromatic N) is 5. The molecule has 0 radical (unpaired) electrons. The Bertz CT molecular complexity index is 506. The lowest BCUT2D eigenvalue weighted by Gasteiger charge is -2.22. The van der Waals surface area contributed by atoms with Gasteiger partial charge in [0.15, 0.2) is 0 Å². The first kappa shape index (κ1) is 10.7. The molecule has 1 saturated heterocycles. The van der Waals surface area contributed by atoms with E-state index in [9.17, 15) is 0 Å². The minimum atomic E-state index is 0.609. The molecule has 0 spiro atoms. The van der Waals surface area contributed by atoms with Gasteiger partial charge in [-0.05, 0) is 32.0 Å². The van der Waals surface area contributed by atoms with Crippen LogP contribution >= 0.6 is 0 Å². The zero-order chi connectivity index (χ0) is 11.7. The van der Waals surface area contributed by atoms with Crippen LogP contribution in [0, 0.1) is 0 Å². The first-order valence-corrected chi connectivity index (χ1v) is 6.25. The molecule has 0 aliphatic carbocycles. The molecular weight excluding hydrogens is 214 g/mol. The van der Waals surface area contributed by atoms with Crippen molar-refractivity contribution in [2.24, 2.45) is 0 Å². The molecule has 0 amide bonds. The fourth-order valence-electron chi connectivity index (χ4n) is 2.68. The van der Waals surface area contributed by atoms with Gasteiger partial charge in [0.2, 0.25) is 0 Å². The van der Waals surface area contributed by atoms with Crippen molar-refractivity contribution in [1.29, 1.82) is 0 Å². The van der Waals surface area contributed by atoms with Crippen molar-refractivity contribution in [3.05, 3.63) is 18.5 Å². The van der Waals surface area contributed by atoms with Gasteiger partial charge in [0.05, 0.1) is 18.3 Å². The van der Waals surface area contributed by atoms with E-state index in [1.54, 1.807) is 12.4 Å². The summed E-state index contributed by atoms with van der Waals surface area (Å²) in [7, 11) is 0. The molecule has 2 aromatic heterocycles. The molecule has 5 nitrogen and oxygen atoms in total. The molecule has 1 aliphatic heterocycles. The van der Waals surface area contributed by atoms with Crippen LogP contribution in [-0.2, 0) is 6.54 Å². The van der Waals surface area contributed by atoms with Crippen LogP contribution in [0.25, 0.3) is 11.0 Å². The van der Waals surface area contributed by atoms with E-state index >= 15 is 0 Å². The Balaban J connectivity index is 1.85. The van der Waals surface area contributed by atoms with Crippen molar-refractivity contribution in [3.8, 4) is 0 Å². The van der Waals surface area contributed by atoms with Crippen LogP contribution in [0.4, 0.5) is 0 Å². The molecule has 5 heteroatoms. The molecule has 0 N–H and O–H groups in total. The first-order chi connectivity index (χ1) is 8.38. The number of hydrogen-bond donors (Lipinski definition) is 0. The zero-order valence-electron chi connectivity index (χ0n) is 10.1. The highest BCUT2D eigenvalue weighted by Gasteiger charge is 2.24. The SMILES string of the molecule is CCN1CCCC1Cn1nnc2cnccc21. The Morgan fingerprint density at radius 1 is 1.47 bits per heavy atom. The number of likely N-dealkylation sites (N-methyl/N-ethyl adjacent to an activating group) is 1. The van der Waals surface area contributed by atoms with Crippen LogP contribution < -0.4 is 0 Å². The molecule has 1 aliphatic rings. The van der Waals surface area contributed by atoms with Gasteiger partial charge in [-0.3, -0.25) is 9.88 Å². The van der Waals surface area contributed by atoms with E-state index < -0.39 is 0 Å². The molecule has 17 heavy (non-hydrogen) atoms. The number of hydrogen-bond acceptors (Lipinski definition) is 4. The quantitative estimate of drug-likeness (QED) is 0.799. The fraction of sp³-hybridized carbons (Fsp3) is 0.583. The summed E-state index contributed by atoms with van der Waals surface area (Å²) in [6, 6.07) is 2.60. The number of pyridine rings is 1. The van der Waals surface area contributed by atoms with Crippen LogP contribution in [-0.4, -0.2) is 44.0 Å². The highest BCUT2D eigenvalue weighted by atomic mass is 15.4. The van der Waals surface area contributed by atoms with E-state index in [-0.39, 0.29) is 0 Å². The molecule has 0 saturated carbocycles. The Kier molecular flexibility index (Phi) is 2.76. The van der Waals surface area contributed by atoms with Crippen LogP contribution in [0.3, 0.4) is 0 Å². The number of fused-ring (bicyclic) bond motifs is 1. The lowest BCUT2D eigenvalue weighted by Crippen LogP contribution is -2.33. The monoisotopic (exact) mass is 231 g/mol. The van der Waals surface area contributed by atoms with E-state index in [1.807, 2.05) is 10.7 Å². The van der Waals surface area contributed by atoms with E-state index in [0.29, 0.717) is 6.04 Å². The lowest BCUT2D eigenvalue weighted by atomic mass is 10.2. The van der Waals surface area contributed by atoms with Gasteiger partial charge >= 0.3 is 0 Å². The number of aromatic nitrogens is 4. The second-order valence-corrected chi connectivity index (χ2v) is 4.56. The predicted molar refractivity (Wildman–Crippen MR) is 65.6 cm³/mol. The smallest absolute Gasteiger partial charge is 0.131 e. The molecule has 3 heterocycles. The van der Waals surface area contributed by atoms with Crippen molar-refractivity contribution in [2.45, 2.75) is 32.4 Å². The summed E-state index contributed by atoms with van der Waals surface area (Å²) in [5.41, 5.74) is 1.97. The largest absolute Gasteiger partial charge is 0.299 e. The van der Waals surface area contributed by atoms with Crippen LogP contribution in [0.15, 0.2) is 18.5 Å². The van der Waals surface area contributed by atoms with Gasteiger partial charge in [0.1, 0.15) is 5.52 Å². The van der Waals surface area contributed by atoms with E-state index in [1.165, 1.54) is 19.4 Å². The summed E-state index contributed by atoms with van der Waals surface area (Å²) in [4.78, 5) is 6.59. The second kappa shape index (κ2) is 4.41. The van der Waals surface area contributed by atoms with Gasteiger partial charge in [-0.25, -0.2) is 4.68 Å². The van der Waals surface area contributed by atoms with Crippen molar-refractivity contribution in [2.75, 3.05) is 13.1 Å². The third kappa shape index (κ3) is 1.91. The van der Waals surface area contributed by atoms with E-state index in [4.69, 9.17) is 0 Å². The Morgan fingerprint density at radius 3 is 3.29 bits per heavy atom. The second-order valence-electron chi connectivity index (χ2n) is 4.56. The molecular formula is C12H17N5. The minimum absolute atomic E-state index is 0.609. The number of likely N-dealkylation sites (tertiary alicyclic amines) is 1. The number of rotatable bonds is 3. The third-order valence-electron chi connectivity index (χ3n) is 3.61. The Labute approximate surface area is 100 Å². The van der Waals surface area contributed by atoms with Crippen molar-refractivity contribution < 1.29 is 0 Å². The molecule has 2 aromatic rings. The lowest BCUT2D eigenvalue weighted by molar-refractivity contribution is 0.239. The minimum Gasteiger partial charge on any atom is -0.299 e. The predicted octanol–water partition coefficient (Wildman–Crippen LogP) is 1.31. The van der Waals surface area contributed by atoms with Gasteiger partial charge in [0, 0.05) is 12.2 Å². The van der Waals surface area contributed by atoms with Crippen molar-refractivity contribution in [3.63, 3.8) is 0 Å². The van der Waals surface area contributed by atoms with Gasteiger partial charge in [-0.1, -0.05) is 12.1 Å². The Hall–Kier alpha value is -1.49. The molecule has 1 unspecified atom stereocenters. The molecule has 1 fully saturated rings. The normalized spacial score (nSPS) is 21.4. The maximum atomic E-state index is 4.23. The topological polar surface area (TPSA) is 46.8 Å². The van der Waals surface area contributed by atoms with Gasteiger partial charge in [-0.2, -0.15) is 0 Å². The molecule has 0 aromatic carbocycles. The average Bonchev–Trinajstić information content (AvgIpc) is 2.97. The molecule has 0 bridgehead atoms. The summed E-state index contributed by atoms with van der Waals surface area (Å²) < 4.78 is 2.01. The van der Waals surface area contributed by atoms with Gasteiger partial charge < -0.3 is 0 Å². The highest BCUT2D eigenvalue weighted by molar-refractivity contribution is 5.72. The first-order valence-electron chi connectivity index (χ1n) is 6.25. The summed E-state index contributed by atoms with van der Waals surface area (Å²) in [6.45, 7) is 5.50. The summed E-state index contributed by atoms with van der Waals surface area (Å²) in [5, 5.41) is 8.37. The summed E-state index contributed by atoms with van der Waals surface area (Å²) >= 11 is 0. The van der Waals surface area contributed by atoms with Gasteiger partial charge in [0.25, 0.3) is 0 Å². The van der Waals surface area contributed by atoms with E-state index in [2.05, 4.69) is 27.1 Å².